The second-order valence-corrected chi connectivity index (χ2v) is 12.2. The number of unbranched alkanes of at least 4 members (excludes halogenated alkanes) is 3. The highest BCUT2D eigenvalue weighted by molar-refractivity contribution is 5.99. The van der Waals surface area contributed by atoms with Crippen molar-refractivity contribution in [3.05, 3.63) is 24.3 Å². The SMILES string of the molecule is C[C@H]1CNC(=O)CC/C=C\[C@@H]2O[C@@]34C=CCN(C5CCCCC5)C(=O)[C@@H]3N(CCCCCCO)C(=O)[C@H]4[C@@H]2C(=O)O1. The first-order valence-electron chi connectivity index (χ1n) is 15.6. The van der Waals surface area contributed by atoms with E-state index in [4.69, 9.17) is 9.47 Å². The second kappa shape index (κ2) is 13.1. The molecule has 0 aromatic rings. The summed E-state index contributed by atoms with van der Waals surface area (Å²) in [6, 6.07) is -0.731. The zero-order valence-corrected chi connectivity index (χ0v) is 24.2. The number of cyclic esters (lactones) is 1. The molecule has 3 fully saturated rings. The van der Waals surface area contributed by atoms with E-state index in [0.717, 1.165) is 38.5 Å². The van der Waals surface area contributed by atoms with Crippen LogP contribution in [0.2, 0.25) is 0 Å². The Morgan fingerprint density at radius 2 is 1.80 bits per heavy atom. The fraction of sp³-hybridized carbons (Fsp3) is 0.742. The Labute approximate surface area is 242 Å². The maximum Gasteiger partial charge on any atom is 0.313 e. The molecule has 5 aliphatic rings. The summed E-state index contributed by atoms with van der Waals surface area (Å²) in [5, 5.41) is 12.0. The number of carbonyl (C=O) groups is 4. The van der Waals surface area contributed by atoms with Crippen LogP contribution in [0, 0.1) is 11.8 Å². The van der Waals surface area contributed by atoms with Crippen LogP contribution in [0.25, 0.3) is 0 Å². The molecule has 5 rings (SSSR count). The third-order valence-corrected chi connectivity index (χ3v) is 9.39. The highest BCUT2D eigenvalue weighted by Gasteiger charge is 2.71. The number of fused-ring (bicyclic) bond motifs is 2. The van der Waals surface area contributed by atoms with Gasteiger partial charge < -0.3 is 29.7 Å². The normalized spacial score (nSPS) is 35.5. The molecule has 1 aliphatic carbocycles. The first-order valence-corrected chi connectivity index (χ1v) is 15.6. The monoisotopic (exact) mass is 571 g/mol. The van der Waals surface area contributed by atoms with Gasteiger partial charge in [0.1, 0.15) is 23.7 Å². The number of nitrogens with one attached hydrogen (secondary N) is 1. The van der Waals surface area contributed by atoms with Gasteiger partial charge in [-0.2, -0.15) is 0 Å². The molecule has 10 heteroatoms. The van der Waals surface area contributed by atoms with Crippen molar-refractivity contribution in [2.75, 3.05) is 26.2 Å². The van der Waals surface area contributed by atoms with Crippen molar-refractivity contribution < 1.29 is 33.8 Å². The average molecular weight is 572 g/mol. The number of carbonyl (C=O) groups excluding carboxylic acids is 4. The van der Waals surface area contributed by atoms with Crippen LogP contribution >= 0.6 is 0 Å². The lowest BCUT2D eigenvalue weighted by Crippen LogP contribution is -2.57. The van der Waals surface area contributed by atoms with Gasteiger partial charge in [-0.3, -0.25) is 19.2 Å². The largest absolute Gasteiger partial charge is 0.460 e. The lowest BCUT2D eigenvalue weighted by Gasteiger charge is -2.39. The number of esters is 1. The zero-order chi connectivity index (χ0) is 29.0. The molecule has 6 atom stereocenters. The first kappa shape index (κ1) is 29.8. The molecular weight excluding hydrogens is 526 g/mol. The van der Waals surface area contributed by atoms with Crippen LogP contribution in [0.15, 0.2) is 24.3 Å². The maximum atomic E-state index is 14.5. The van der Waals surface area contributed by atoms with E-state index >= 15 is 0 Å². The standard InChI is InChI=1S/C31H45N3O7/c1-21-20-32-24(36)15-8-7-14-23-25(30(39)40-21)26-28(37)34(17-9-2-3-10-19-35)27-29(38)33(22-12-5-4-6-13-22)18-11-16-31(26,27)41-23/h7,11,14,16,21-23,25-27,35H,2-6,8-10,12-13,15,17-20H2,1H3,(H,32,36)/b14-7-/t21-,23-,25+,26+,27-,31+/m0/s1. The lowest BCUT2D eigenvalue weighted by molar-refractivity contribution is -0.159. The number of allylic oxidation sites excluding steroid dienone is 1. The van der Waals surface area contributed by atoms with E-state index in [1.165, 1.54) is 6.42 Å². The maximum absolute atomic E-state index is 14.5. The first-order chi connectivity index (χ1) is 19.9. The van der Waals surface area contributed by atoms with Crippen molar-refractivity contribution in [3.8, 4) is 0 Å². The molecule has 4 aliphatic heterocycles. The van der Waals surface area contributed by atoms with Gasteiger partial charge in [-0.05, 0) is 39.0 Å². The van der Waals surface area contributed by atoms with E-state index in [2.05, 4.69) is 5.32 Å². The van der Waals surface area contributed by atoms with Crippen LogP contribution in [0.4, 0.5) is 0 Å². The molecule has 0 radical (unpaired) electrons. The Morgan fingerprint density at radius 3 is 2.59 bits per heavy atom. The second-order valence-electron chi connectivity index (χ2n) is 12.2. The van der Waals surface area contributed by atoms with Gasteiger partial charge in [0.15, 0.2) is 0 Å². The van der Waals surface area contributed by atoms with Crippen molar-refractivity contribution in [1.29, 1.82) is 0 Å². The minimum absolute atomic E-state index is 0.106. The lowest BCUT2D eigenvalue weighted by atomic mass is 9.77. The summed E-state index contributed by atoms with van der Waals surface area (Å²) in [6.07, 6.45) is 15.2. The number of aliphatic hydroxyl groups excluding tert-OH is 1. The van der Waals surface area contributed by atoms with Gasteiger partial charge in [-0.15, -0.1) is 0 Å². The fourth-order valence-electron chi connectivity index (χ4n) is 7.39. The molecule has 2 N–H and O–H groups in total. The molecule has 1 spiro atoms. The number of rotatable bonds is 7. The molecule has 2 saturated heterocycles. The molecule has 4 heterocycles. The van der Waals surface area contributed by atoms with Gasteiger partial charge in [-0.1, -0.05) is 56.4 Å². The molecule has 0 aromatic heterocycles. The Bertz CT molecular complexity index is 1050. The molecular formula is C31H45N3O7. The highest BCUT2D eigenvalue weighted by Crippen LogP contribution is 2.53. The van der Waals surface area contributed by atoms with E-state index in [-0.39, 0.29) is 36.9 Å². The summed E-state index contributed by atoms with van der Waals surface area (Å²) in [5.41, 5.74) is -1.28. The van der Waals surface area contributed by atoms with E-state index in [9.17, 15) is 24.3 Å². The topological polar surface area (TPSA) is 125 Å². The van der Waals surface area contributed by atoms with Crippen LogP contribution in [-0.4, -0.2) is 94.7 Å². The highest BCUT2D eigenvalue weighted by atomic mass is 16.6. The summed E-state index contributed by atoms with van der Waals surface area (Å²) in [6.45, 7) is 2.88. The number of hydrogen-bond acceptors (Lipinski definition) is 7. The van der Waals surface area contributed by atoms with Crippen molar-refractivity contribution in [2.45, 2.75) is 107 Å². The van der Waals surface area contributed by atoms with Gasteiger partial charge in [0.05, 0.1) is 18.6 Å². The van der Waals surface area contributed by atoms with E-state index in [0.29, 0.717) is 38.8 Å². The molecule has 10 nitrogen and oxygen atoms in total. The molecule has 3 amide bonds. The summed E-state index contributed by atoms with van der Waals surface area (Å²) in [4.78, 5) is 58.2. The minimum atomic E-state index is -1.28. The number of amides is 3. The Kier molecular flexibility index (Phi) is 9.49. The number of hydrogen-bond donors (Lipinski definition) is 2. The van der Waals surface area contributed by atoms with Gasteiger partial charge in [0, 0.05) is 32.2 Å². The van der Waals surface area contributed by atoms with Crippen LogP contribution in [0.1, 0.15) is 77.6 Å². The third kappa shape index (κ3) is 5.95. The smallest absolute Gasteiger partial charge is 0.313 e. The van der Waals surface area contributed by atoms with Gasteiger partial charge in [-0.25, -0.2) is 0 Å². The molecule has 1 saturated carbocycles. The third-order valence-electron chi connectivity index (χ3n) is 9.39. The number of nitrogens with zero attached hydrogens (tertiary/aromatic N) is 2. The Morgan fingerprint density at radius 1 is 1.02 bits per heavy atom. The predicted molar refractivity (Wildman–Crippen MR) is 150 cm³/mol. The van der Waals surface area contributed by atoms with Crippen molar-refractivity contribution in [3.63, 3.8) is 0 Å². The van der Waals surface area contributed by atoms with E-state index in [1.807, 2.05) is 23.1 Å². The number of aliphatic hydroxyl groups is 1. The molecule has 0 aromatic carbocycles. The fourth-order valence-corrected chi connectivity index (χ4v) is 7.39. The molecule has 0 bridgehead atoms. The molecule has 226 valence electrons. The van der Waals surface area contributed by atoms with Gasteiger partial charge >= 0.3 is 5.97 Å². The summed E-state index contributed by atoms with van der Waals surface area (Å²) >= 11 is 0. The van der Waals surface area contributed by atoms with Crippen LogP contribution < -0.4 is 5.32 Å². The summed E-state index contributed by atoms with van der Waals surface area (Å²) in [7, 11) is 0. The van der Waals surface area contributed by atoms with Crippen LogP contribution in [-0.2, 0) is 28.7 Å². The van der Waals surface area contributed by atoms with Gasteiger partial charge in [0.2, 0.25) is 17.7 Å². The minimum Gasteiger partial charge on any atom is -0.460 e. The summed E-state index contributed by atoms with van der Waals surface area (Å²) < 4.78 is 12.5. The number of ether oxygens (including phenoxy) is 2. The van der Waals surface area contributed by atoms with Crippen molar-refractivity contribution in [1.82, 2.24) is 15.1 Å². The molecule has 41 heavy (non-hydrogen) atoms. The van der Waals surface area contributed by atoms with Crippen LogP contribution in [0.5, 0.6) is 0 Å². The predicted octanol–water partition coefficient (Wildman–Crippen LogP) is 2.25. The zero-order valence-electron chi connectivity index (χ0n) is 24.2. The van der Waals surface area contributed by atoms with E-state index in [1.54, 1.807) is 17.9 Å². The van der Waals surface area contributed by atoms with Crippen molar-refractivity contribution >= 4 is 23.7 Å². The van der Waals surface area contributed by atoms with E-state index < -0.39 is 41.7 Å². The van der Waals surface area contributed by atoms with Crippen molar-refractivity contribution in [2.24, 2.45) is 11.8 Å². The molecule has 0 unspecified atom stereocenters. The van der Waals surface area contributed by atoms with Gasteiger partial charge in [0.25, 0.3) is 0 Å². The number of likely N-dealkylation sites (tertiary alicyclic amines) is 1. The van der Waals surface area contributed by atoms with Crippen LogP contribution in [0.3, 0.4) is 0 Å². The quantitative estimate of drug-likeness (QED) is 0.273. The Balaban J connectivity index is 1.50. The Hall–Kier alpha value is -2.72. The average Bonchev–Trinajstić information content (AvgIpc) is 3.34. The summed E-state index contributed by atoms with van der Waals surface area (Å²) in [5.74, 6) is -2.81.